The summed E-state index contributed by atoms with van der Waals surface area (Å²) in [6.45, 7) is 8.05. The summed E-state index contributed by atoms with van der Waals surface area (Å²) in [6, 6.07) is 25.2. The molecule has 2 heteroatoms. The van der Waals surface area contributed by atoms with Gasteiger partial charge in [0.05, 0.1) is 6.61 Å². The van der Waals surface area contributed by atoms with Crippen molar-refractivity contribution in [3.63, 3.8) is 0 Å². The van der Waals surface area contributed by atoms with Crippen molar-refractivity contribution >= 4 is 22.6 Å². The quantitative estimate of drug-likeness (QED) is 0.641. The SMILES string of the molecule is C=C(CO)c1ccc(N(c2ccc(C)cc2)c2ccc(C)cc2)cc1. The monoisotopic (exact) mass is 329 g/mol. The first-order valence-corrected chi connectivity index (χ1v) is 8.41. The van der Waals surface area contributed by atoms with Gasteiger partial charge in [-0.15, -0.1) is 0 Å². The maximum absolute atomic E-state index is 9.26. The third-order valence-electron chi connectivity index (χ3n) is 4.31. The van der Waals surface area contributed by atoms with Crippen molar-refractivity contribution in [3.8, 4) is 0 Å². The minimum atomic E-state index is -0.0288. The number of hydrogen-bond donors (Lipinski definition) is 1. The number of hydrogen-bond acceptors (Lipinski definition) is 2. The smallest absolute Gasteiger partial charge is 0.0681 e. The molecule has 0 aliphatic rings. The maximum atomic E-state index is 9.26. The van der Waals surface area contributed by atoms with Gasteiger partial charge in [0.15, 0.2) is 0 Å². The lowest BCUT2D eigenvalue weighted by Gasteiger charge is -2.26. The van der Waals surface area contributed by atoms with Crippen molar-refractivity contribution in [1.82, 2.24) is 0 Å². The number of aliphatic hydroxyl groups excluding tert-OH is 1. The molecule has 0 unspecified atom stereocenters. The minimum Gasteiger partial charge on any atom is -0.392 e. The fourth-order valence-electron chi connectivity index (χ4n) is 2.77. The first-order chi connectivity index (χ1) is 12.1. The minimum absolute atomic E-state index is 0.0288. The number of nitrogens with zero attached hydrogens (tertiary/aromatic N) is 1. The highest BCUT2D eigenvalue weighted by Gasteiger charge is 2.12. The van der Waals surface area contributed by atoms with Crippen LogP contribution in [0.2, 0.25) is 0 Å². The summed E-state index contributed by atoms with van der Waals surface area (Å²) < 4.78 is 0. The second-order valence-corrected chi connectivity index (χ2v) is 6.32. The average molecular weight is 329 g/mol. The Bertz CT molecular complexity index is 801. The third-order valence-corrected chi connectivity index (χ3v) is 4.31. The van der Waals surface area contributed by atoms with E-state index in [0.29, 0.717) is 0 Å². The van der Waals surface area contributed by atoms with Crippen LogP contribution in [0, 0.1) is 13.8 Å². The molecule has 0 fully saturated rings. The van der Waals surface area contributed by atoms with Crippen LogP contribution in [0.1, 0.15) is 16.7 Å². The molecule has 0 amide bonds. The van der Waals surface area contributed by atoms with Crippen molar-refractivity contribution in [2.75, 3.05) is 11.5 Å². The standard InChI is InChI=1S/C23H23NO/c1-17-4-10-21(11-5-17)24(22-12-6-18(2)7-13-22)23-14-8-20(9-15-23)19(3)16-25/h4-15,25H,3,16H2,1-2H3. The van der Waals surface area contributed by atoms with Gasteiger partial charge in [-0.2, -0.15) is 0 Å². The summed E-state index contributed by atoms with van der Waals surface area (Å²) in [6.07, 6.45) is 0. The van der Waals surface area contributed by atoms with E-state index in [1.807, 2.05) is 12.1 Å². The average Bonchev–Trinajstić information content (AvgIpc) is 2.65. The van der Waals surface area contributed by atoms with Crippen molar-refractivity contribution < 1.29 is 5.11 Å². The van der Waals surface area contributed by atoms with Crippen LogP contribution in [0.25, 0.3) is 5.57 Å². The lowest BCUT2D eigenvalue weighted by atomic mass is 10.1. The van der Waals surface area contributed by atoms with Crippen LogP contribution in [-0.2, 0) is 0 Å². The van der Waals surface area contributed by atoms with Crippen LogP contribution in [0.3, 0.4) is 0 Å². The fraction of sp³-hybridized carbons (Fsp3) is 0.130. The molecular weight excluding hydrogens is 306 g/mol. The molecule has 1 N–H and O–H groups in total. The largest absolute Gasteiger partial charge is 0.392 e. The number of anilines is 3. The molecule has 0 saturated carbocycles. The molecule has 3 aromatic rings. The topological polar surface area (TPSA) is 23.5 Å². The van der Waals surface area contributed by atoms with Crippen LogP contribution in [-0.4, -0.2) is 11.7 Å². The molecule has 0 heterocycles. The van der Waals surface area contributed by atoms with Gasteiger partial charge in [0.25, 0.3) is 0 Å². The summed E-state index contributed by atoms with van der Waals surface area (Å²) in [5, 5.41) is 9.26. The van der Waals surface area contributed by atoms with Gasteiger partial charge < -0.3 is 10.0 Å². The van der Waals surface area contributed by atoms with E-state index in [1.54, 1.807) is 0 Å². The normalized spacial score (nSPS) is 10.5. The van der Waals surface area contributed by atoms with Gasteiger partial charge >= 0.3 is 0 Å². The Morgan fingerprint density at radius 1 is 0.720 bits per heavy atom. The molecule has 25 heavy (non-hydrogen) atoms. The molecule has 126 valence electrons. The fourth-order valence-corrected chi connectivity index (χ4v) is 2.77. The van der Waals surface area contributed by atoms with Gasteiger partial charge in [-0.1, -0.05) is 54.1 Å². The first kappa shape index (κ1) is 17.0. The van der Waals surface area contributed by atoms with Crippen LogP contribution in [0.4, 0.5) is 17.1 Å². The Hall–Kier alpha value is -2.84. The van der Waals surface area contributed by atoms with Crippen LogP contribution >= 0.6 is 0 Å². The van der Waals surface area contributed by atoms with E-state index in [2.05, 4.69) is 86.0 Å². The van der Waals surface area contributed by atoms with Crippen molar-refractivity contribution in [3.05, 3.63) is 96.1 Å². The zero-order chi connectivity index (χ0) is 17.8. The van der Waals surface area contributed by atoms with Gasteiger partial charge in [0, 0.05) is 17.1 Å². The zero-order valence-corrected chi connectivity index (χ0v) is 14.7. The highest BCUT2D eigenvalue weighted by molar-refractivity contribution is 5.78. The third kappa shape index (κ3) is 3.81. The van der Waals surface area contributed by atoms with Crippen molar-refractivity contribution in [2.45, 2.75) is 13.8 Å². The Labute approximate surface area is 149 Å². The van der Waals surface area contributed by atoms with E-state index in [1.165, 1.54) is 11.1 Å². The Morgan fingerprint density at radius 2 is 1.08 bits per heavy atom. The second-order valence-electron chi connectivity index (χ2n) is 6.32. The second kappa shape index (κ2) is 7.37. The van der Waals surface area contributed by atoms with Crippen LogP contribution < -0.4 is 4.90 Å². The Kier molecular flexibility index (Phi) is 5.01. The van der Waals surface area contributed by atoms with E-state index in [9.17, 15) is 5.11 Å². The van der Waals surface area contributed by atoms with Gasteiger partial charge in [-0.25, -0.2) is 0 Å². The molecule has 0 radical (unpaired) electrons. The van der Waals surface area contributed by atoms with Gasteiger partial charge in [0.2, 0.25) is 0 Å². The molecule has 0 bridgehead atoms. The van der Waals surface area contributed by atoms with E-state index < -0.39 is 0 Å². The van der Waals surface area contributed by atoms with E-state index >= 15 is 0 Å². The van der Waals surface area contributed by atoms with Gasteiger partial charge in [-0.3, -0.25) is 0 Å². The maximum Gasteiger partial charge on any atom is 0.0681 e. The first-order valence-electron chi connectivity index (χ1n) is 8.41. The number of rotatable bonds is 5. The van der Waals surface area contributed by atoms with E-state index in [-0.39, 0.29) is 6.61 Å². The van der Waals surface area contributed by atoms with Crippen LogP contribution in [0.15, 0.2) is 79.4 Å². The lowest BCUT2D eigenvalue weighted by molar-refractivity contribution is 0.350. The van der Waals surface area contributed by atoms with Gasteiger partial charge in [-0.05, 0) is 61.4 Å². The zero-order valence-electron chi connectivity index (χ0n) is 14.7. The number of aryl methyl sites for hydroxylation is 2. The predicted octanol–water partition coefficient (Wildman–Crippen LogP) is 5.78. The molecule has 0 spiro atoms. The summed E-state index contributed by atoms with van der Waals surface area (Å²) >= 11 is 0. The number of benzene rings is 3. The lowest BCUT2D eigenvalue weighted by Crippen LogP contribution is -2.10. The van der Waals surface area contributed by atoms with Crippen LogP contribution in [0.5, 0.6) is 0 Å². The van der Waals surface area contributed by atoms with E-state index in [4.69, 9.17) is 0 Å². The summed E-state index contributed by atoms with van der Waals surface area (Å²) in [5.41, 5.74) is 7.46. The molecule has 0 aliphatic carbocycles. The molecule has 0 atom stereocenters. The van der Waals surface area contributed by atoms with E-state index in [0.717, 1.165) is 28.2 Å². The number of aliphatic hydroxyl groups is 1. The summed E-state index contributed by atoms with van der Waals surface area (Å²) in [4.78, 5) is 2.23. The Morgan fingerprint density at radius 3 is 1.44 bits per heavy atom. The summed E-state index contributed by atoms with van der Waals surface area (Å²) in [5.74, 6) is 0. The highest BCUT2D eigenvalue weighted by atomic mass is 16.3. The molecule has 0 saturated heterocycles. The molecular formula is C23H23NO. The molecule has 0 aromatic heterocycles. The highest BCUT2D eigenvalue weighted by Crippen LogP contribution is 2.35. The molecule has 0 aliphatic heterocycles. The predicted molar refractivity (Wildman–Crippen MR) is 107 cm³/mol. The molecule has 3 aromatic carbocycles. The Balaban J connectivity index is 2.05. The van der Waals surface area contributed by atoms with Crippen molar-refractivity contribution in [1.29, 1.82) is 0 Å². The molecule has 3 rings (SSSR count). The molecule has 2 nitrogen and oxygen atoms in total. The van der Waals surface area contributed by atoms with Crippen molar-refractivity contribution in [2.24, 2.45) is 0 Å². The summed E-state index contributed by atoms with van der Waals surface area (Å²) in [7, 11) is 0. The van der Waals surface area contributed by atoms with Gasteiger partial charge in [0.1, 0.15) is 0 Å².